The van der Waals surface area contributed by atoms with Gasteiger partial charge in [0.25, 0.3) is 0 Å². The fourth-order valence-corrected chi connectivity index (χ4v) is 3.33. The molecule has 3 heteroatoms. The number of hydrogen-bond acceptors (Lipinski definition) is 2. The van der Waals surface area contributed by atoms with Crippen LogP contribution >= 0.6 is 11.6 Å². The summed E-state index contributed by atoms with van der Waals surface area (Å²) in [5, 5.41) is 4.22. The summed E-state index contributed by atoms with van der Waals surface area (Å²) in [6, 6.07) is 12.8. The zero-order valence-electron chi connectivity index (χ0n) is 12.4. The van der Waals surface area contributed by atoms with Crippen LogP contribution in [-0.4, -0.2) is 13.7 Å². The Bertz CT molecular complexity index is 654. The number of likely N-dealkylation sites (N-methyl/N-ethyl adjacent to an activating group) is 1. The van der Waals surface area contributed by atoms with E-state index in [0.717, 1.165) is 30.2 Å². The van der Waals surface area contributed by atoms with Crippen LogP contribution in [0.5, 0.6) is 5.75 Å². The first kappa shape index (κ1) is 14.4. The summed E-state index contributed by atoms with van der Waals surface area (Å²) in [4.78, 5) is 0. The molecule has 2 aromatic carbocycles. The summed E-state index contributed by atoms with van der Waals surface area (Å²) in [7, 11) is 2.00. The highest BCUT2D eigenvalue weighted by atomic mass is 35.5. The molecule has 1 N–H and O–H groups in total. The number of aryl methyl sites for hydroxylation is 1. The molecule has 0 saturated heterocycles. The minimum absolute atomic E-state index is 0.262. The Morgan fingerprint density at radius 3 is 2.86 bits per heavy atom. The van der Waals surface area contributed by atoms with Crippen LogP contribution < -0.4 is 10.1 Å². The summed E-state index contributed by atoms with van der Waals surface area (Å²) in [5.41, 5.74) is 5.05. The van der Waals surface area contributed by atoms with Crippen LogP contribution in [0, 0.1) is 6.92 Å². The van der Waals surface area contributed by atoms with Crippen molar-refractivity contribution in [1.29, 1.82) is 0 Å². The molecule has 3 rings (SSSR count). The van der Waals surface area contributed by atoms with Crippen LogP contribution in [-0.2, 0) is 12.8 Å². The Morgan fingerprint density at radius 2 is 2.10 bits per heavy atom. The Morgan fingerprint density at radius 1 is 1.29 bits per heavy atom. The Hall–Kier alpha value is -1.51. The number of halogens is 1. The van der Waals surface area contributed by atoms with Crippen LogP contribution in [0.25, 0.3) is 0 Å². The van der Waals surface area contributed by atoms with Crippen LogP contribution in [0.3, 0.4) is 0 Å². The van der Waals surface area contributed by atoms with Gasteiger partial charge in [-0.3, -0.25) is 0 Å². The molecule has 0 amide bonds. The third-order valence-electron chi connectivity index (χ3n) is 4.16. The second-order valence-corrected chi connectivity index (χ2v) is 5.99. The van der Waals surface area contributed by atoms with Crippen molar-refractivity contribution < 1.29 is 4.74 Å². The third-order valence-corrected chi connectivity index (χ3v) is 4.38. The molecule has 0 spiro atoms. The van der Waals surface area contributed by atoms with Gasteiger partial charge in [0.1, 0.15) is 5.75 Å². The largest absolute Gasteiger partial charge is 0.493 e. The van der Waals surface area contributed by atoms with Crippen molar-refractivity contribution in [2.75, 3.05) is 13.7 Å². The molecule has 1 atom stereocenters. The van der Waals surface area contributed by atoms with Gasteiger partial charge in [-0.1, -0.05) is 35.9 Å². The Kier molecular flexibility index (Phi) is 4.18. The van der Waals surface area contributed by atoms with Gasteiger partial charge in [-0.25, -0.2) is 0 Å². The van der Waals surface area contributed by atoms with E-state index in [1.165, 1.54) is 22.3 Å². The highest BCUT2D eigenvalue weighted by molar-refractivity contribution is 6.30. The normalized spacial score (nSPS) is 14.6. The van der Waals surface area contributed by atoms with E-state index in [-0.39, 0.29) is 6.04 Å². The maximum atomic E-state index is 6.26. The summed E-state index contributed by atoms with van der Waals surface area (Å²) >= 11 is 6.26. The number of ether oxygens (including phenoxy) is 1. The molecule has 1 unspecified atom stereocenters. The molecule has 1 heterocycles. The van der Waals surface area contributed by atoms with Crippen molar-refractivity contribution in [3.63, 3.8) is 0 Å². The maximum Gasteiger partial charge on any atom is 0.125 e. The minimum Gasteiger partial charge on any atom is -0.493 e. The molecule has 21 heavy (non-hydrogen) atoms. The maximum absolute atomic E-state index is 6.26. The molecular weight excluding hydrogens is 282 g/mol. The van der Waals surface area contributed by atoms with E-state index in [9.17, 15) is 0 Å². The number of rotatable bonds is 4. The summed E-state index contributed by atoms with van der Waals surface area (Å²) < 4.78 is 5.81. The van der Waals surface area contributed by atoms with Gasteiger partial charge in [0.2, 0.25) is 0 Å². The van der Waals surface area contributed by atoms with Crippen molar-refractivity contribution in [2.24, 2.45) is 0 Å². The fourth-order valence-electron chi connectivity index (χ4n) is 3.06. The molecule has 1 aliphatic rings. The van der Waals surface area contributed by atoms with Gasteiger partial charge in [-0.2, -0.15) is 0 Å². The number of benzene rings is 2. The molecule has 0 aliphatic carbocycles. The smallest absolute Gasteiger partial charge is 0.125 e. The fraction of sp³-hybridized carbons (Fsp3) is 0.333. The lowest BCUT2D eigenvalue weighted by Gasteiger charge is -2.20. The van der Waals surface area contributed by atoms with E-state index >= 15 is 0 Å². The standard InChI is InChI=1S/C18H20ClNO/c1-12-5-3-4-6-16(12)17(20-2)11-14-10-15(19)9-13-7-8-21-18(13)14/h3-6,9-10,17,20H,7-8,11H2,1-2H3. The van der Waals surface area contributed by atoms with Gasteiger partial charge < -0.3 is 10.1 Å². The Labute approximate surface area is 131 Å². The summed E-state index contributed by atoms with van der Waals surface area (Å²) in [6.07, 6.45) is 1.84. The first-order valence-electron chi connectivity index (χ1n) is 7.36. The zero-order chi connectivity index (χ0) is 14.8. The second-order valence-electron chi connectivity index (χ2n) is 5.55. The SMILES string of the molecule is CNC(Cc1cc(Cl)cc2c1OCC2)c1ccccc1C. The van der Waals surface area contributed by atoms with Crippen molar-refractivity contribution in [1.82, 2.24) is 5.32 Å². The first-order chi connectivity index (χ1) is 10.2. The van der Waals surface area contributed by atoms with E-state index in [0.29, 0.717) is 0 Å². The Balaban J connectivity index is 1.94. The van der Waals surface area contributed by atoms with Crippen LogP contribution in [0.15, 0.2) is 36.4 Å². The van der Waals surface area contributed by atoms with Gasteiger partial charge in [0, 0.05) is 17.5 Å². The number of nitrogens with one attached hydrogen (secondary N) is 1. The van der Waals surface area contributed by atoms with Crippen LogP contribution in [0.2, 0.25) is 5.02 Å². The lowest BCUT2D eigenvalue weighted by Crippen LogP contribution is -2.20. The summed E-state index contributed by atoms with van der Waals surface area (Å²) in [6.45, 7) is 2.91. The molecule has 0 fully saturated rings. The van der Waals surface area contributed by atoms with E-state index in [1.807, 2.05) is 19.2 Å². The second kappa shape index (κ2) is 6.08. The molecule has 0 radical (unpaired) electrons. The van der Waals surface area contributed by atoms with Gasteiger partial charge in [-0.15, -0.1) is 0 Å². The van der Waals surface area contributed by atoms with Gasteiger partial charge >= 0.3 is 0 Å². The average Bonchev–Trinajstić information content (AvgIpc) is 2.93. The molecule has 1 aliphatic heterocycles. The minimum atomic E-state index is 0.262. The zero-order valence-corrected chi connectivity index (χ0v) is 13.2. The molecular formula is C18H20ClNO. The predicted octanol–water partition coefficient (Wildman–Crippen LogP) is 4.09. The monoisotopic (exact) mass is 301 g/mol. The third kappa shape index (κ3) is 2.92. The van der Waals surface area contributed by atoms with E-state index in [2.05, 4.69) is 36.5 Å². The molecule has 110 valence electrons. The van der Waals surface area contributed by atoms with E-state index in [4.69, 9.17) is 16.3 Å². The van der Waals surface area contributed by atoms with Crippen molar-refractivity contribution in [2.45, 2.75) is 25.8 Å². The van der Waals surface area contributed by atoms with Crippen molar-refractivity contribution >= 4 is 11.6 Å². The molecule has 0 bridgehead atoms. The molecule has 2 aromatic rings. The van der Waals surface area contributed by atoms with Crippen molar-refractivity contribution in [3.8, 4) is 5.75 Å². The first-order valence-corrected chi connectivity index (χ1v) is 7.73. The predicted molar refractivity (Wildman–Crippen MR) is 87.3 cm³/mol. The number of hydrogen-bond donors (Lipinski definition) is 1. The van der Waals surface area contributed by atoms with Crippen LogP contribution in [0.4, 0.5) is 0 Å². The number of fused-ring (bicyclic) bond motifs is 1. The van der Waals surface area contributed by atoms with Crippen LogP contribution in [0.1, 0.15) is 28.3 Å². The van der Waals surface area contributed by atoms with Gasteiger partial charge in [-0.05, 0) is 54.8 Å². The van der Waals surface area contributed by atoms with Gasteiger partial charge in [0.15, 0.2) is 0 Å². The lowest BCUT2D eigenvalue weighted by atomic mass is 9.94. The quantitative estimate of drug-likeness (QED) is 0.918. The topological polar surface area (TPSA) is 21.3 Å². The van der Waals surface area contributed by atoms with E-state index < -0.39 is 0 Å². The molecule has 2 nitrogen and oxygen atoms in total. The lowest BCUT2D eigenvalue weighted by molar-refractivity contribution is 0.352. The van der Waals surface area contributed by atoms with Gasteiger partial charge in [0.05, 0.1) is 6.61 Å². The molecule has 0 saturated carbocycles. The highest BCUT2D eigenvalue weighted by Crippen LogP contribution is 2.35. The van der Waals surface area contributed by atoms with Crippen molar-refractivity contribution in [3.05, 3.63) is 63.7 Å². The average molecular weight is 302 g/mol. The van der Waals surface area contributed by atoms with E-state index in [1.54, 1.807) is 0 Å². The molecule has 0 aromatic heterocycles. The highest BCUT2D eigenvalue weighted by Gasteiger charge is 2.21. The summed E-state index contributed by atoms with van der Waals surface area (Å²) in [5.74, 6) is 1.04.